The maximum absolute atomic E-state index is 4.39. The first-order chi connectivity index (χ1) is 3.15. The van der Waals surface area contributed by atoms with E-state index in [1.165, 1.54) is 0 Å². The lowest BCUT2D eigenvalue weighted by Crippen LogP contribution is -1.84. The van der Waals surface area contributed by atoms with Gasteiger partial charge < -0.3 is 4.43 Å². The van der Waals surface area contributed by atoms with Gasteiger partial charge in [0.1, 0.15) is 10.5 Å². The molecule has 0 saturated carbocycles. The SMILES string of the molecule is CO[SiH3].C[SiH](C)C. The van der Waals surface area contributed by atoms with Gasteiger partial charge in [-0.2, -0.15) is 0 Å². The van der Waals surface area contributed by atoms with Crippen LogP contribution in [0.5, 0.6) is 0 Å². The van der Waals surface area contributed by atoms with Crippen LogP contribution in [0.4, 0.5) is 0 Å². The molecule has 0 aliphatic heterocycles. The third-order valence-electron chi connectivity index (χ3n) is 0. The van der Waals surface area contributed by atoms with Gasteiger partial charge in [0.05, 0.1) is 0 Å². The zero-order valence-corrected chi connectivity index (χ0v) is 9.14. The minimum atomic E-state index is -0.139. The molecule has 3 heteroatoms. The molecule has 0 aromatic carbocycles. The van der Waals surface area contributed by atoms with Crippen molar-refractivity contribution in [2.24, 2.45) is 0 Å². The van der Waals surface area contributed by atoms with E-state index >= 15 is 0 Å². The van der Waals surface area contributed by atoms with Gasteiger partial charge in [0, 0.05) is 15.9 Å². The minimum absolute atomic E-state index is 0.139. The molecule has 0 N–H and O–H groups in total. The summed E-state index contributed by atoms with van der Waals surface area (Å²) in [6.45, 7) is 6.92. The first kappa shape index (κ1) is 10.4. The normalized spacial score (nSPS) is 8.14. The highest BCUT2D eigenvalue weighted by molar-refractivity contribution is 6.54. The fraction of sp³-hybridized carbons (Fsp3) is 1.00. The van der Waals surface area contributed by atoms with Gasteiger partial charge in [-0.3, -0.25) is 0 Å². The van der Waals surface area contributed by atoms with E-state index in [1.807, 2.05) is 0 Å². The largest absolute Gasteiger partial charge is 0.431 e. The van der Waals surface area contributed by atoms with E-state index in [2.05, 4.69) is 24.1 Å². The van der Waals surface area contributed by atoms with E-state index in [0.717, 1.165) is 10.5 Å². The maximum Gasteiger partial charge on any atom is 0.145 e. The highest BCUT2D eigenvalue weighted by Crippen LogP contribution is 1.68. The number of hydrogen-bond acceptors (Lipinski definition) is 1. The zero-order chi connectivity index (χ0) is 6.28. The molecular weight excluding hydrogens is 120 g/mol. The molecule has 1 nitrogen and oxygen atoms in total. The summed E-state index contributed by atoms with van der Waals surface area (Å²) in [7, 11) is 2.42. The van der Waals surface area contributed by atoms with Crippen molar-refractivity contribution in [2.75, 3.05) is 7.11 Å². The van der Waals surface area contributed by atoms with Crippen molar-refractivity contribution in [3.63, 3.8) is 0 Å². The van der Waals surface area contributed by atoms with Gasteiger partial charge in [-0.05, 0) is 0 Å². The van der Waals surface area contributed by atoms with E-state index in [4.69, 9.17) is 0 Å². The standard InChI is InChI=1S/C3H10Si.CH6OSi/c1-4(2)3;1-2-3/h4H,1-3H3;1,3H3. The van der Waals surface area contributed by atoms with Crippen molar-refractivity contribution in [2.45, 2.75) is 19.6 Å². The van der Waals surface area contributed by atoms with E-state index in [9.17, 15) is 0 Å². The van der Waals surface area contributed by atoms with Crippen LogP contribution in [-0.4, -0.2) is 26.4 Å². The quantitative estimate of drug-likeness (QED) is 0.427. The zero-order valence-electron chi connectivity index (χ0n) is 5.99. The van der Waals surface area contributed by atoms with Gasteiger partial charge in [-0.1, -0.05) is 19.6 Å². The van der Waals surface area contributed by atoms with E-state index in [1.54, 1.807) is 7.11 Å². The van der Waals surface area contributed by atoms with Crippen LogP contribution in [0.1, 0.15) is 0 Å². The van der Waals surface area contributed by atoms with Gasteiger partial charge in [0.25, 0.3) is 0 Å². The lowest BCUT2D eigenvalue weighted by atomic mass is 11.8. The third kappa shape index (κ3) is 796. The molecule has 0 saturated heterocycles. The Kier molecular flexibility index (Phi) is 14.3. The van der Waals surface area contributed by atoms with E-state index < -0.39 is 0 Å². The van der Waals surface area contributed by atoms with Crippen molar-refractivity contribution in [3.05, 3.63) is 0 Å². The molecule has 0 bridgehead atoms. The molecule has 0 amide bonds. The van der Waals surface area contributed by atoms with Crippen molar-refractivity contribution < 1.29 is 4.43 Å². The lowest BCUT2D eigenvalue weighted by Gasteiger charge is -1.75. The van der Waals surface area contributed by atoms with E-state index in [-0.39, 0.29) is 8.80 Å². The van der Waals surface area contributed by atoms with Gasteiger partial charge in [0.2, 0.25) is 0 Å². The Hall–Kier alpha value is 0.394. The Labute approximate surface area is 51.2 Å². The summed E-state index contributed by atoms with van der Waals surface area (Å²) < 4.78 is 4.39. The molecule has 46 valence electrons. The predicted octanol–water partition coefficient (Wildman–Crippen LogP) is 0.0161. The van der Waals surface area contributed by atoms with Crippen molar-refractivity contribution in [1.29, 1.82) is 0 Å². The smallest absolute Gasteiger partial charge is 0.145 e. The summed E-state index contributed by atoms with van der Waals surface area (Å²) in [6, 6.07) is 0. The molecule has 0 atom stereocenters. The summed E-state index contributed by atoms with van der Waals surface area (Å²) in [5, 5.41) is 0. The average molecular weight is 136 g/mol. The van der Waals surface area contributed by atoms with Crippen LogP contribution in [0.2, 0.25) is 19.6 Å². The Morgan fingerprint density at radius 2 is 1.29 bits per heavy atom. The second kappa shape index (κ2) is 9.64. The summed E-state index contributed by atoms with van der Waals surface area (Å²) in [5.74, 6) is 0. The average Bonchev–Trinajstić information content (AvgIpc) is 1.33. The summed E-state index contributed by atoms with van der Waals surface area (Å²) in [6.07, 6.45) is 0. The molecule has 0 aromatic rings. The van der Waals surface area contributed by atoms with Gasteiger partial charge in [-0.15, -0.1) is 0 Å². The highest BCUT2D eigenvalue weighted by Gasteiger charge is 1.71. The fourth-order valence-corrected chi connectivity index (χ4v) is 0. The molecular formula is C4H16OSi2. The molecule has 0 spiro atoms. The molecule has 0 radical (unpaired) electrons. The summed E-state index contributed by atoms with van der Waals surface area (Å²) >= 11 is 0. The van der Waals surface area contributed by atoms with Gasteiger partial charge >= 0.3 is 0 Å². The second-order valence-electron chi connectivity index (χ2n) is 2.14. The topological polar surface area (TPSA) is 9.23 Å². The Morgan fingerprint density at radius 1 is 1.29 bits per heavy atom. The highest BCUT2D eigenvalue weighted by atomic mass is 28.3. The molecule has 0 unspecified atom stereocenters. The second-order valence-corrected chi connectivity index (χ2v) is 6.42. The van der Waals surface area contributed by atoms with Crippen molar-refractivity contribution in [3.8, 4) is 0 Å². The molecule has 0 aliphatic rings. The summed E-state index contributed by atoms with van der Waals surface area (Å²) in [4.78, 5) is 0. The molecule has 0 fully saturated rings. The van der Waals surface area contributed by atoms with Crippen molar-refractivity contribution in [1.82, 2.24) is 0 Å². The molecule has 7 heavy (non-hydrogen) atoms. The Balaban J connectivity index is 0. The van der Waals surface area contributed by atoms with Crippen LogP contribution < -0.4 is 0 Å². The van der Waals surface area contributed by atoms with E-state index in [0.29, 0.717) is 0 Å². The van der Waals surface area contributed by atoms with Crippen LogP contribution in [0, 0.1) is 0 Å². The molecule has 0 aromatic heterocycles. The first-order valence-electron chi connectivity index (χ1n) is 2.55. The van der Waals surface area contributed by atoms with Crippen molar-refractivity contribution >= 4 is 19.3 Å². The predicted molar refractivity (Wildman–Crippen MR) is 41.7 cm³/mol. The molecule has 0 heterocycles. The van der Waals surface area contributed by atoms with Crippen LogP contribution >= 0.6 is 0 Å². The fourth-order valence-electron chi connectivity index (χ4n) is 0. The number of rotatable bonds is 0. The third-order valence-corrected chi connectivity index (χ3v) is 0. The van der Waals surface area contributed by atoms with Gasteiger partial charge in [0.15, 0.2) is 0 Å². The van der Waals surface area contributed by atoms with Crippen LogP contribution in [0.3, 0.4) is 0 Å². The maximum atomic E-state index is 4.39. The monoisotopic (exact) mass is 136 g/mol. The van der Waals surface area contributed by atoms with Crippen LogP contribution in [0.25, 0.3) is 0 Å². The Morgan fingerprint density at radius 3 is 1.29 bits per heavy atom. The minimum Gasteiger partial charge on any atom is -0.431 e. The molecule has 0 rings (SSSR count). The van der Waals surface area contributed by atoms with Crippen LogP contribution in [-0.2, 0) is 4.43 Å². The Bertz CT molecular complexity index is 20.9. The molecule has 0 aliphatic carbocycles. The number of hydrogen-bond donors (Lipinski definition) is 0. The lowest BCUT2D eigenvalue weighted by molar-refractivity contribution is 0.460. The van der Waals surface area contributed by atoms with Gasteiger partial charge in [-0.25, -0.2) is 0 Å². The summed E-state index contributed by atoms with van der Waals surface area (Å²) in [5.41, 5.74) is 0. The van der Waals surface area contributed by atoms with Crippen LogP contribution in [0.15, 0.2) is 0 Å². The first-order valence-corrected chi connectivity index (χ1v) is 6.83.